The summed E-state index contributed by atoms with van der Waals surface area (Å²) in [5.74, 6) is -1.10. The Hall–Kier alpha value is -0.980. The summed E-state index contributed by atoms with van der Waals surface area (Å²) in [5.41, 5.74) is -0.344. The molecule has 1 aromatic carbocycles. The summed E-state index contributed by atoms with van der Waals surface area (Å²) >= 11 is 15.3. The summed E-state index contributed by atoms with van der Waals surface area (Å²) < 4.78 is 0.602. The minimum atomic E-state index is -1.10. The Bertz CT molecular complexity index is 573. The summed E-state index contributed by atoms with van der Waals surface area (Å²) in [7, 11) is 0. The van der Waals surface area contributed by atoms with Crippen LogP contribution in [0, 0.1) is 0 Å². The third-order valence-corrected chi connectivity index (χ3v) is 4.40. The summed E-state index contributed by atoms with van der Waals surface area (Å²) in [4.78, 5) is 24.4. The van der Waals surface area contributed by atoms with Crippen LogP contribution in [0.3, 0.4) is 0 Å². The molecule has 0 aliphatic rings. The molecule has 5 nitrogen and oxygen atoms in total. The molecular formula is C13H15BrCl2N2O3. The molecule has 2 N–H and O–H groups in total. The predicted octanol–water partition coefficient (Wildman–Crippen LogP) is 4.47. The molecule has 0 aliphatic carbocycles. The van der Waals surface area contributed by atoms with Crippen LogP contribution >= 0.6 is 39.1 Å². The zero-order valence-corrected chi connectivity index (χ0v) is 14.8. The molecule has 1 rings (SSSR count). The molecule has 2 amide bonds. The van der Waals surface area contributed by atoms with E-state index in [9.17, 15) is 9.59 Å². The molecule has 0 radical (unpaired) electrons. The van der Waals surface area contributed by atoms with Gasteiger partial charge in [-0.15, -0.1) is 0 Å². The highest BCUT2D eigenvalue weighted by atomic mass is 79.9. The number of halogens is 3. The molecule has 1 aromatic rings. The van der Waals surface area contributed by atoms with Crippen molar-refractivity contribution in [2.75, 3.05) is 11.9 Å². The second kappa shape index (κ2) is 6.85. The fourth-order valence-electron chi connectivity index (χ4n) is 1.55. The van der Waals surface area contributed by atoms with E-state index in [1.165, 1.54) is 4.90 Å². The number of anilines is 1. The number of nitrogens with one attached hydrogen (secondary N) is 1. The van der Waals surface area contributed by atoms with Gasteiger partial charge >= 0.3 is 12.0 Å². The first kappa shape index (κ1) is 18.1. The molecule has 0 aromatic heterocycles. The topological polar surface area (TPSA) is 69.6 Å². The maximum atomic E-state index is 12.3. The third-order valence-electron chi connectivity index (χ3n) is 2.63. The highest BCUT2D eigenvalue weighted by Gasteiger charge is 2.29. The largest absolute Gasteiger partial charge is 0.480 e. The van der Waals surface area contributed by atoms with Crippen LogP contribution < -0.4 is 5.32 Å². The molecule has 0 unspecified atom stereocenters. The molecule has 0 spiro atoms. The average molecular weight is 398 g/mol. The van der Waals surface area contributed by atoms with Crippen molar-refractivity contribution >= 4 is 56.8 Å². The Kier molecular flexibility index (Phi) is 5.90. The Labute approximate surface area is 141 Å². The van der Waals surface area contributed by atoms with Gasteiger partial charge in [-0.1, -0.05) is 23.2 Å². The van der Waals surface area contributed by atoms with Gasteiger partial charge in [0.05, 0.1) is 15.7 Å². The van der Waals surface area contributed by atoms with Crippen LogP contribution in [0.1, 0.15) is 20.8 Å². The van der Waals surface area contributed by atoms with Crippen LogP contribution in [0.4, 0.5) is 10.5 Å². The van der Waals surface area contributed by atoms with E-state index in [1.807, 2.05) is 0 Å². The van der Waals surface area contributed by atoms with Gasteiger partial charge in [0.25, 0.3) is 0 Å². The van der Waals surface area contributed by atoms with Crippen molar-refractivity contribution in [1.29, 1.82) is 0 Å². The minimum Gasteiger partial charge on any atom is -0.480 e. The zero-order chi connectivity index (χ0) is 16.4. The van der Waals surface area contributed by atoms with Crippen molar-refractivity contribution in [2.45, 2.75) is 26.3 Å². The van der Waals surface area contributed by atoms with E-state index in [1.54, 1.807) is 32.9 Å². The van der Waals surface area contributed by atoms with Gasteiger partial charge in [0.2, 0.25) is 0 Å². The van der Waals surface area contributed by atoms with E-state index in [-0.39, 0.29) is 10.0 Å². The zero-order valence-electron chi connectivity index (χ0n) is 11.7. The summed E-state index contributed by atoms with van der Waals surface area (Å²) in [6.45, 7) is 4.81. The van der Waals surface area contributed by atoms with E-state index in [0.717, 1.165) is 0 Å². The van der Waals surface area contributed by atoms with Gasteiger partial charge in [-0.05, 0) is 48.8 Å². The molecule has 116 valence electrons. The molecule has 0 saturated carbocycles. The minimum absolute atomic E-state index is 0.184. The molecule has 0 heterocycles. The first-order chi connectivity index (χ1) is 9.54. The fourth-order valence-corrected chi connectivity index (χ4v) is 2.38. The number of urea groups is 1. The lowest BCUT2D eigenvalue weighted by molar-refractivity contribution is -0.138. The van der Waals surface area contributed by atoms with Crippen LogP contribution in [0.15, 0.2) is 16.6 Å². The number of aliphatic carboxylic acids is 1. The lowest BCUT2D eigenvalue weighted by atomic mass is 10.1. The number of rotatable bonds is 3. The number of hydrogen-bond donors (Lipinski definition) is 2. The van der Waals surface area contributed by atoms with E-state index < -0.39 is 24.1 Å². The number of carboxylic acid groups (broad SMARTS) is 1. The summed E-state index contributed by atoms with van der Waals surface area (Å²) in [5, 5.41) is 12.0. The van der Waals surface area contributed by atoms with E-state index in [4.69, 9.17) is 28.3 Å². The second-order valence-electron chi connectivity index (χ2n) is 5.30. The fraction of sp³-hybridized carbons (Fsp3) is 0.385. The van der Waals surface area contributed by atoms with Gasteiger partial charge in [-0.2, -0.15) is 0 Å². The Morgan fingerprint density at radius 3 is 2.33 bits per heavy atom. The molecule has 21 heavy (non-hydrogen) atoms. The van der Waals surface area contributed by atoms with Crippen LogP contribution in [-0.2, 0) is 4.79 Å². The maximum absolute atomic E-state index is 12.3. The smallest absolute Gasteiger partial charge is 0.323 e. The van der Waals surface area contributed by atoms with Gasteiger partial charge in [0.15, 0.2) is 0 Å². The molecule has 8 heteroatoms. The number of amides is 2. The van der Waals surface area contributed by atoms with Gasteiger partial charge < -0.3 is 15.3 Å². The van der Waals surface area contributed by atoms with Crippen LogP contribution in [0.25, 0.3) is 0 Å². The van der Waals surface area contributed by atoms with Crippen molar-refractivity contribution in [3.8, 4) is 0 Å². The quantitative estimate of drug-likeness (QED) is 0.739. The van der Waals surface area contributed by atoms with Crippen molar-refractivity contribution in [3.63, 3.8) is 0 Å². The number of benzene rings is 1. The van der Waals surface area contributed by atoms with E-state index in [0.29, 0.717) is 10.2 Å². The van der Waals surface area contributed by atoms with Gasteiger partial charge in [-0.25, -0.2) is 4.79 Å². The first-order valence-electron chi connectivity index (χ1n) is 5.98. The molecule has 0 fully saturated rings. The number of hydrogen-bond acceptors (Lipinski definition) is 2. The Morgan fingerprint density at radius 1 is 1.29 bits per heavy atom. The highest BCUT2D eigenvalue weighted by molar-refractivity contribution is 9.10. The molecule has 0 atom stereocenters. The Morgan fingerprint density at radius 2 is 1.86 bits per heavy atom. The van der Waals surface area contributed by atoms with Crippen LogP contribution in [0.5, 0.6) is 0 Å². The number of nitrogens with zero attached hydrogens (tertiary/aromatic N) is 1. The van der Waals surface area contributed by atoms with Crippen LogP contribution in [-0.4, -0.2) is 34.1 Å². The maximum Gasteiger partial charge on any atom is 0.323 e. The number of carboxylic acids is 1. The van der Waals surface area contributed by atoms with Crippen molar-refractivity contribution in [1.82, 2.24) is 4.90 Å². The van der Waals surface area contributed by atoms with Crippen LogP contribution in [0.2, 0.25) is 10.0 Å². The standard InChI is InChI=1S/C13H15BrCl2N2O3/c1-13(2,3)18(6-9(19)20)12(21)17-8-5-4-7(14)10(15)11(8)16/h4-5H,6H2,1-3H3,(H,17,21)(H,19,20). The monoisotopic (exact) mass is 396 g/mol. The van der Waals surface area contributed by atoms with Crippen molar-refractivity contribution in [2.24, 2.45) is 0 Å². The third kappa shape index (κ3) is 4.76. The molecule has 0 aliphatic heterocycles. The number of carbonyl (C=O) groups excluding carboxylic acids is 1. The van der Waals surface area contributed by atoms with Gasteiger partial charge in [-0.3, -0.25) is 4.79 Å². The van der Waals surface area contributed by atoms with Crippen molar-refractivity contribution in [3.05, 3.63) is 26.7 Å². The first-order valence-corrected chi connectivity index (χ1v) is 7.53. The second-order valence-corrected chi connectivity index (χ2v) is 6.91. The van der Waals surface area contributed by atoms with E-state index >= 15 is 0 Å². The summed E-state index contributed by atoms with van der Waals surface area (Å²) in [6.07, 6.45) is 0. The van der Waals surface area contributed by atoms with E-state index in [2.05, 4.69) is 21.2 Å². The average Bonchev–Trinajstić information content (AvgIpc) is 2.35. The number of carbonyl (C=O) groups is 2. The molecule has 0 bridgehead atoms. The van der Waals surface area contributed by atoms with Crippen molar-refractivity contribution < 1.29 is 14.7 Å². The highest BCUT2D eigenvalue weighted by Crippen LogP contribution is 2.36. The van der Waals surface area contributed by atoms with Gasteiger partial charge in [0, 0.05) is 10.0 Å². The normalized spacial score (nSPS) is 11.1. The molecular weight excluding hydrogens is 383 g/mol. The predicted molar refractivity (Wildman–Crippen MR) is 87.3 cm³/mol. The van der Waals surface area contributed by atoms with Gasteiger partial charge in [0.1, 0.15) is 6.54 Å². The SMILES string of the molecule is CC(C)(C)N(CC(=O)O)C(=O)Nc1ccc(Br)c(Cl)c1Cl. The lowest BCUT2D eigenvalue weighted by Crippen LogP contribution is -2.50. The Balaban J connectivity index is 3.02. The summed E-state index contributed by atoms with van der Waals surface area (Å²) in [6, 6.07) is 2.66. The molecule has 0 saturated heterocycles. The lowest BCUT2D eigenvalue weighted by Gasteiger charge is -2.34.